The van der Waals surface area contributed by atoms with Crippen LogP contribution in [0, 0.1) is 12.3 Å². The van der Waals surface area contributed by atoms with Crippen molar-refractivity contribution in [3.05, 3.63) is 22.6 Å². The first kappa shape index (κ1) is 20.4. The molecule has 0 aromatic carbocycles. The average Bonchev–Trinajstić information content (AvgIpc) is 3.26. The molecule has 2 aromatic rings. The number of piperidine rings is 1. The third-order valence-corrected chi connectivity index (χ3v) is 7.21. The summed E-state index contributed by atoms with van der Waals surface area (Å²) in [5.74, 6) is 0.947. The third-order valence-electron chi connectivity index (χ3n) is 6.28. The molecule has 1 aliphatic carbocycles. The van der Waals surface area contributed by atoms with Crippen LogP contribution in [0.4, 0.5) is 10.7 Å². The van der Waals surface area contributed by atoms with Crippen LogP contribution in [-0.4, -0.2) is 45.2 Å². The molecule has 1 atom stereocenters. The molecule has 0 unspecified atom stereocenters. The topological polar surface area (TPSA) is 71.8 Å². The van der Waals surface area contributed by atoms with Crippen molar-refractivity contribution in [1.29, 1.82) is 0 Å². The molecule has 2 aliphatic rings. The van der Waals surface area contributed by atoms with Gasteiger partial charge in [-0.3, -0.25) is 4.40 Å². The number of imidazole rings is 1. The van der Waals surface area contributed by atoms with E-state index in [2.05, 4.69) is 35.5 Å². The Labute approximate surface area is 180 Å². The zero-order valence-electron chi connectivity index (χ0n) is 17.7. The van der Waals surface area contributed by atoms with Gasteiger partial charge >= 0.3 is 6.09 Å². The third kappa shape index (κ3) is 3.96. The Morgan fingerprint density at radius 3 is 2.72 bits per heavy atom. The molecule has 1 saturated carbocycles. The molecule has 2 aromatic heterocycles. The molecule has 0 radical (unpaired) electrons. The summed E-state index contributed by atoms with van der Waals surface area (Å²) < 4.78 is 8.50. The van der Waals surface area contributed by atoms with E-state index in [0.29, 0.717) is 0 Å². The van der Waals surface area contributed by atoms with Crippen LogP contribution in [-0.2, 0) is 4.74 Å². The van der Waals surface area contributed by atoms with E-state index in [1.165, 1.54) is 0 Å². The molecule has 29 heavy (non-hydrogen) atoms. The first-order valence-electron chi connectivity index (χ1n) is 10.4. The lowest BCUT2D eigenvalue weighted by Crippen LogP contribution is -2.51. The van der Waals surface area contributed by atoms with E-state index in [-0.39, 0.29) is 17.6 Å². The Hall–Kier alpha value is -1.83. The number of carbonyl (C=O) groups is 1. The van der Waals surface area contributed by atoms with Crippen molar-refractivity contribution in [1.82, 2.24) is 19.7 Å². The van der Waals surface area contributed by atoms with Crippen molar-refractivity contribution >= 4 is 33.6 Å². The molecule has 1 aliphatic heterocycles. The highest BCUT2D eigenvalue weighted by Gasteiger charge is 2.46. The van der Waals surface area contributed by atoms with E-state index in [4.69, 9.17) is 9.72 Å². The Morgan fingerprint density at radius 1 is 1.31 bits per heavy atom. The highest BCUT2D eigenvalue weighted by molar-refractivity contribution is 9.10. The number of rotatable bonds is 2. The molecule has 2 fully saturated rings. The lowest BCUT2D eigenvalue weighted by molar-refractivity contribution is 0.0442. The summed E-state index contributed by atoms with van der Waals surface area (Å²) >= 11 is 3.60. The molecule has 158 valence electrons. The number of nitrogens with one attached hydrogen (secondary N) is 1. The zero-order valence-corrected chi connectivity index (χ0v) is 19.3. The fraction of sp³-hybridized carbons (Fsp3) is 0.667. The molecule has 1 N–H and O–H groups in total. The number of aromatic nitrogens is 3. The number of hydrogen-bond donors (Lipinski definition) is 1. The number of halogens is 1. The summed E-state index contributed by atoms with van der Waals surface area (Å²) in [5.41, 5.74) is 1.54. The van der Waals surface area contributed by atoms with Crippen LogP contribution in [0.25, 0.3) is 5.65 Å². The molecule has 7 nitrogen and oxygen atoms in total. The quantitative estimate of drug-likeness (QED) is 0.711. The fourth-order valence-electron chi connectivity index (χ4n) is 4.83. The van der Waals surface area contributed by atoms with Crippen LogP contribution in [0.2, 0.25) is 0 Å². The average molecular weight is 464 g/mol. The summed E-state index contributed by atoms with van der Waals surface area (Å²) in [4.78, 5) is 24.0. The molecule has 1 spiro atoms. The van der Waals surface area contributed by atoms with Gasteiger partial charge in [0, 0.05) is 31.5 Å². The summed E-state index contributed by atoms with van der Waals surface area (Å²) in [5, 5.41) is 3.18. The Kier molecular flexibility index (Phi) is 5.25. The van der Waals surface area contributed by atoms with E-state index in [9.17, 15) is 4.79 Å². The van der Waals surface area contributed by atoms with Gasteiger partial charge in [-0.2, -0.15) is 0 Å². The van der Waals surface area contributed by atoms with Crippen molar-refractivity contribution in [2.24, 2.45) is 5.41 Å². The summed E-state index contributed by atoms with van der Waals surface area (Å²) in [7, 11) is 0. The van der Waals surface area contributed by atoms with E-state index >= 15 is 0 Å². The van der Waals surface area contributed by atoms with Gasteiger partial charge in [0.05, 0.1) is 10.2 Å². The molecule has 1 saturated heterocycles. The fourth-order valence-corrected chi connectivity index (χ4v) is 5.21. The molecule has 1 amide bonds. The second kappa shape index (κ2) is 7.45. The minimum atomic E-state index is -0.472. The number of nitrogens with zero attached hydrogens (tertiary/aromatic N) is 4. The number of fused-ring (bicyclic) bond motifs is 1. The second-order valence-corrected chi connectivity index (χ2v) is 10.2. The predicted molar refractivity (Wildman–Crippen MR) is 116 cm³/mol. The summed E-state index contributed by atoms with van der Waals surface area (Å²) in [6.07, 6.45) is 8.91. The minimum absolute atomic E-state index is 0.159. The maximum atomic E-state index is 12.3. The van der Waals surface area contributed by atoms with Gasteiger partial charge in [0.2, 0.25) is 5.95 Å². The Bertz CT molecular complexity index is 912. The van der Waals surface area contributed by atoms with E-state index in [1.807, 2.05) is 40.1 Å². The van der Waals surface area contributed by atoms with Gasteiger partial charge in [-0.15, -0.1) is 0 Å². The number of carbonyl (C=O) groups excluding carboxylic acids is 1. The van der Waals surface area contributed by atoms with Gasteiger partial charge in [-0.1, -0.05) is 6.42 Å². The van der Waals surface area contributed by atoms with Crippen LogP contribution in [0.1, 0.15) is 58.6 Å². The normalized spacial score (nSPS) is 21.7. The largest absolute Gasteiger partial charge is 0.444 e. The van der Waals surface area contributed by atoms with Crippen molar-refractivity contribution in [2.75, 3.05) is 18.0 Å². The first-order chi connectivity index (χ1) is 13.7. The van der Waals surface area contributed by atoms with E-state index in [1.54, 1.807) is 0 Å². The highest BCUT2D eigenvalue weighted by Crippen LogP contribution is 2.47. The molecular formula is C21H30BrN5O2. The maximum absolute atomic E-state index is 12.3. The monoisotopic (exact) mass is 463 g/mol. The molecule has 0 bridgehead atoms. The number of amides is 1. The molecule has 8 heteroatoms. The van der Waals surface area contributed by atoms with Gasteiger partial charge in [0.25, 0.3) is 0 Å². The van der Waals surface area contributed by atoms with Gasteiger partial charge in [-0.05, 0) is 74.7 Å². The van der Waals surface area contributed by atoms with Crippen molar-refractivity contribution in [2.45, 2.75) is 71.4 Å². The van der Waals surface area contributed by atoms with Crippen LogP contribution in [0.5, 0.6) is 0 Å². The lowest BCUT2D eigenvalue weighted by Gasteiger charge is -2.43. The van der Waals surface area contributed by atoms with Crippen LogP contribution in [0.15, 0.2) is 16.9 Å². The number of aryl methyl sites for hydroxylation is 1. The maximum Gasteiger partial charge on any atom is 0.407 e. The minimum Gasteiger partial charge on any atom is -0.444 e. The van der Waals surface area contributed by atoms with Crippen LogP contribution < -0.4 is 10.2 Å². The number of anilines is 1. The van der Waals surface area contributed by atoms with Crippen LogP contribution >= 0.6 is 15.9 Å². The lowest BCUT2D eigenvalue weighted by atomic mass is 9.74. The molecule has 4 rings (SSSR count). The smallest absolute Gasteiger partial charge is 0.407 e. The van der Waals surface area contributed by atoms with Crippen LogP contribution in [0.3, 0.4) is 0 Å². The number of hydrogen-bond acceptors (Lipinski definition) is 5. The second-order valence-electron chi connectivity index (χ2n) is 9.37. The summed E-state index contributed by atoms with van der Waals surface area (Å²) in [6.45, 7) is 9.56. The SMILES string of the molecule is Cc1nc(N2CCC3(CCC[C@H]3NC(=O)OC(C)(C)C)CC2)n2ccnc2c1Br. The van der Waals surface area contributed by atoms with Gasteiger partial charge in [0.1, 0.15) is 5.60 Å². The van der Waals surface area contributed by atoms with E-state index in [0.717, 1.165) is 67.0 Å². The van der Waals surface area contributed by atoms with Gasteiger partial charge in [0.15, 0.2) is 5.65 Å². The highest BCUT2D eigenvalue weighted by atomic mass is 79.9. The van der Waals surface area contributed by atoms with Crippen molar-refractivity contribution in [3.63, 3.8) is 0 Å². The zero-order chi connectivity index (χ0) is 20.8. The first-order valence-corrected chi connectivity index (χ1v) is 11.2. The Morgan fingerprint density at radius 2 is 2.03 bits per heavy atom. The standard InChI is InChI=1S/C21H30BrN5O2/c1-14-16(22)17-23-10-13-27(17)18(24-14)26-11-8-21(9-12-26)7-5-6-15(21)25-19(28)29-20(2,3)4/h10,13,15H,5-9,11-12H2,1-4H3,(H,25,28)/t15-/m1/s1. The Balaban J connectivity index is 1.48. The predicted octanol–water partition coefficient (Wildman–Crippen LogP) is 4.46. The molecular weight excluding hydrogens is 434 g/mol. The molecule has 3 heterocycles. The van der Waals surface area contributed by atoms with Crippen molar-refractivity contribution in [3.8, 4) is 0 Å². The van der Waals surface area contributed by atoms with Gasteiger partial charge in [-0.25, -0.2) is 14.8 Å². The van der Waals surface area contributed by atoms with E-state index < -0.39 is 5.60 Å². The number of alkyl carbamates (subject to hydrolysis) is 1. The van der Waals surface area contributed by atoms with Crippen molar-refractivity contribution < 1.29 is 9.53 Å². The van der Waals surface area contributed by atoms with Gasteiger partial charge < -0.3 is 15.0 Å². The summed E-state index contributed by atoms with van der Waals surface area (Å²) in [6, 6.07) is 0.187. The number of ether oxygens (including phenoxy) is 1.